The monoisotopic (exact) mass is 331 g/mol. The van der Waals surface area contributed by atoms with E-state index < -0.39 is 10.9 Å². The normalized spacial score (nSPS) is 10.4. The smallest absolute Gasteiger partial charge is 0.325 e. The van der Waals surface area contributed by atoms with Crippen LogP contribution >= 0.6 is 15.9 Å². The highest BCUT2D eigenvalue weighted by Gasteiger charge is 2.25. The highest BCUT2D eigenvalue weighted by Crippen LogP contribution is 2.29. The average Bonchev–Trinajstić information content (AvgIpc) is 2.35. The lowest BCUT2D eigenvalue weighted by atomic mass is 10.2. The third-order valence-electron chi connectivity index (χ3n) is 2.43. The van der Waals surface area contributed by atoms with Crippen LogP contribution in [0.3, 0.4) is 0 Å². The quantitative estimate of drug-likeness (QED) is 0.466. The zero-order valence-electron chi connectivity index (χ0n) is 10.8. The van der Waals surface area contributed by atoms with E-state index in [0.717, 1.165) is 0 Å². The number of halogens is 1. The number of pyridine rings is 1. The fourth-order valence-electron chi connectivity index (χ4n) is 1.48. The van der Waals surface area contributed by atoms with E-state index in [1.54, 1.807) is 0 Å². The number of carbonyl (C=O) groups is 1. The Bertz CT molecular complexity index is 493. The van der Waals surface area contributed by atoms with E-state index in [4.69, 9.17) is 0 Å². The Hall–Kier alpha value is -1.70. The topological polar surface area (TPSA) is 85.6 Å². The number of ether oxygens (including phenoxy) is 1. The summed E-state index contributed by atoms with van der Waals surface area (Å²) in [4.78, 5) is 27.5. The van der Waals surface area contributed by atoms with Crippen LogP contribution in [0, 0.1) is 10.1 Å². The molecule has 1 aromatic rings. The maximum Gasteiger partial charge on any atom is 0.325 e. The van der Waals surface area contributed by atoms with Gasteiger partial charge in [0.2, 0.25) is 5.82 Å². The van der Waals surface area contributed by atoms with Gasteiger partial charge in [0.05, 0.1) is 12.0 Å². The second-order valence-corrected chi connectivity index (χ2v) is 4.97. The molecule has 19 heavy (non-hydrogen) atoms. The molecule has 0 fully saturated rings. The van der Waals surface area contributed by atoms with Crippen molar-refractivity contribution < 1.29 is 14.5 Å². The van der Waals surface area contributed by atoms with Crippen molar-refractivity contribution in [1.82, 2.24) is 4.98 Å². The highest BCUT2D eigenvalue weighted by atomic mass is 79.9. The summed E-state index contributed by atoms with van der Waals surface area (Å²) in [6.45, 7) is 3.54. The van der Waals surface area contributed by atoms with E-state index in [0.29, 0.717) is 4.47 Å². The molecule has 0 bridgehead atoms. The molecule has 0 saturated carbocycles. The number of nitro groups is 1. The molecular weight excluding hydrogens is 318 g/mol. The summed E-state index contributed by atoms with van der Waals surface area (Å²) in [6, 6.07) is 1.22. The minimum atomic E-state index is -0.528. The molecule has 0 aliphatic heterocycles. The van der Waals surface area contributed by atoms with Crippen LogP contribution in [0.5, 0.6) is 0 Å². The highest BCUT2D eigenvalue weighted by molar-refractivity contribution is 9.10. The molecule has 0 aliphatic carbocycles. The van der Waals surface area contributed by atoms with Crippen LogP contribution in [0.1, 0.15) is 13.8 Å². The Morgan fingerprint density at radius 3 is 2.74 bits per heavy atom. The third kappa shape index (κ3) is 3.88. The van der Waals surface area contributed by atoms with Gasteiger partial charge >= 0.3 is 11.7 Å². The molecule has 7 nitrogen and oxygen atoms in total. The summed E-state index contributed by atoms with van der Waals surface area (Å²) in [5.74, 6) is -0.332. The SMILES string of the molecule is COC(=O)CN(c1ncc(Br)cc1[N+](=O)[O-])C(C)C. The summed E-state index contributed by atoms with van der Waals surface area (Å²) in [6.07, 6.45) is 1.45. The zero-order valence-corrected chi connectivity index (χ0v) is 12.4. The largest absolute Gasteiger partial charge is 0.468 e. The number of aromatic nitrogens is 1. The van der Waals surface area contributed by atoms with Crippen molar-refractivity contribution in [1.29, 1.82) is 0 Å². The second kappa shape index (κ2) is 6.46. The molecule has 0 saturated heterocycles. The second-order valence-electron chi connectivity index (χ2n) is 4.05. The van der Waals surface area contributed by atoms with E-state index in [1.807, 2.05) is 13.8 Å². The minimum absolute atomic E-state index is 0.0936. The van der Waals surface area contributed by atoms with Crippen LogP contribution < -0.4 is 4.90 Å². The van der Waals surface area contributed by atoms with Gasteiger partial charge in [-0.2, -0.15) is 0 Å². The molecule has 104 valence electrons. The van der Waals surface area contributed by atoms with Crippen LogP contribution in [0.25, 0.3) is 0 Å². The minimum Gasteiger partial charge on any atom is -0.468 e. The predicted octanol–water partition coefficient (Wildman–Crippen LogP) is 2.14. The Morgan fingerprint density at radius 2 is 2.26 bits per heavy atom. The van der Waals surface area contributed by atoms with Gasteiger partial charge in [0.15, 0.2) is 0 Å². The number of anilines is 1. The molecule has 0 N–H and O–H groups in total. The first-order chi connectivity index (χ1) is 8.86. The molecule has 0 aromatic carbocycles. The van der Waals surface area contributed by atoms with Crippen molar-refractivity contribution >= 4 is 33.4 Å². The molecule has 0 amide bonds. The van der Waals surface area contributed by atoms with Crippen LogP contribution in [0.2, 0.25) is 0 Å². The number of esters is 1. The maximum absolute atomic E-state index is 11.4. The summed E-state index contributed by atoms with van der Waals surface area (Å²) >= 11 is 3.14. The standard InChI is InChI=1S/C11H14BrN3O4/c1-7(2)14(6-10(16)19-3)11-9(15(17)18)4-8(12)5-13-11/h4-5,7H,6H2,1-3H3. The van der Waals surface area contributed by atoms with Gasteiger partial charge in [0, 0.05) is 22.8 Å². The lowest BCUT2D eigenvalue weighted by molar-refractivity contribution is -0.384. The summed E-state index contributed by atoms with van der Waals surface area (Å²) in [5, 5.41) is 11.1. The number of hydrogen-bond donors (Lipinski definition) is 0. The van der Waals surface area contributed by atoms with Crippen LogP contribution in [0.4, 0.5) is 11.5 Å². The van der Waals surface area contributed by atoms with Gasteiger partial charge in [-0.05, 0) is 29.8 Å². The average molecular weight is 332 g/mol. The summed E-state index contributed by atoms with van der Waals surface area (Å²) < 4.78 is 5.09. The summed E-state index contributed by atoms with van der Waals surface area (Å²) in [7, 11) is 1.27. The number of hydrogen-bond acceptors (Lipinski definition) is 6. The fourth-order valence-corrected chi connectivity index (χ4v) is 1.80. The molecule has 8 heteroatoms. The van der Waals surface area contributed by atoms with Crippen LogP contribution in [-0.4, -0.2) is 35.6 Å². The number of rotatable bonds is 5. The van der Waals surface area contributed by atoms with Crippen molar-refractivity contribution in [3.05, 3.63) is 26.9 Å². The number of nitrogens with zero attached hydrogens (tertiary/aromatic N) is 3. The van der Waals surface area contributed by atoms with Gasteiger partial charge < -0.3 is 9.64 Å². The predicted molar refractivity (Wildman–Crippen MR) is 73.1 cm³/mol. The van der Waals surface area contributed by atoms with E-state index in [2.05, 4.69) is 25.7 Å². The van der Waals surface area contributed by atoms with E-state index in [-0.39, 0.29) is 24.1 Å². The summed E-state index contributed by atoms with van der Waals surface area (Å²) in [5.41, 5.74) is -0.160. The van der Waals surface area contributed by atoms with Gasteiger partial charge in [-0.25, -0.2) is 4.98 Å². The van der Waals surface area contributed by atoms with E-state index >= 15 is 0 Å². The van der Waals surface area contributed by atoms with Gasteiger partial charge in [-0.3, -0.25) is 14.9 Å². The van der Waals surface area contributed by atoms with E-state index in [9.17, 15) is 14.9 Å². The molecule has 0 radical (unpaired) electrons. The zero-order chi connectivity index (χ0) is 14.6. The molecule has 1 aromatic heterocycles. The van der Waals surface area contributed by atoms with E-state index in [1.165, 1.54) is 24.3 Å². The van der Waals surface area contributed by atoms with Crippen molar-refractivity contribution in [3.63, 3.8) is 0 Å². The van der Waals surface area contributed by atoms with Gasteiger partial charge in [0.1, 0.15) is 6.54 Å². The first-order valence-electron chi connectivity index (χ1n) is 5.50. The molecule has 0 spiro atoms. The van der Waals surface area contributed by atoms with Crippen molar-refractivity contribution in [2.24, 2.45) is 0 Å². The maximum atomic E-state index is 11.4. The lowest BCUT2D eigenvalue weighted by Crippen LogP contribution is -2.37. The first kappa shape index (κ1) is 15.4. The lowest BCUT2D eigenvalue weighted by Gasteiger charge is -2.26. The van der Waals surface area contributed by atoms with Crippen molar-refractivity contribution in [2.45, 2.75) is 19.9 Å². The number of carbonyl (C=O) groups excluding carboxylic acids is 1. The molecular formula is C11H14BrN3O4. The molecule has 0 atom stereocenters. The Balaban J connectivity index is 3.22. The first-order valence-corrected chi connectivity index (χ1v) is 6.29. The molecule has 0 unspecified atom stereocenters. The van der Waals surface area contributed by atoms with Crippen molar-refractivity contribution in [3.8, 4) is 0 Å². The van der Waals surface area contributed by atoms with Crippen molar-refractivity contribution in [2.75, 3.05) is 18.6 Å². The van der Waals surface area contributed by atoms with Crippen LogP contribution in [0.15, 0.2) is 16.7 Å². The van der Waals surface area contributed by atoms with Gasteiger partial charge in [-0.1, -0.05) is 0 Å². The number of methoxy groups -OCH3 is 1. The fraction of sp³-hybridized carbons (Fsp3) is 0.455. The van der Waals surface area contributed by atoms with Crippen LogP contribution in [-0.2, 0) is 9.53 Å². The molecule has 0 aliphatic rings. The Labute approximate surface area is 118 Å². The Kier molecular flexibility index (Phi) is 5.22. The molecule has 1 rings (SSSR count). The Morgan fingerprint density at radius 1 is 1.63 bits per heavy atom. The molecule has 1 heterocycles. The third-order valence-corrected chi connectivity index (χ3v) is 2.87. The van der Waals surface area contributed by atoms with Gasteiger partial charge in [-0.15, -0.1) is 0 Å². The van der Waals surface area contributed by atoms with Gasteiger partial charge in [0.25, 0.3) is 0 Å².